The van der Waals surface area contributed by atoms with Gasteiger partial charge in [0.25, 0.3) is 0 Å². The van der Waals surface area contributed by atoms with Crippen LogP contribution in [0.15, 0.2) is 146 Å². The van der Waals surface area contributed by atoms with Crippen molar-refractivity contribution in [3.8, 4) is 51.2 Å². The minimum absolute atomic E-state index is 0.759. The first kappa shape index (κ1) is 31.5. The minimum atomic E-state index is 0.759. The quantitative estimate of drug-likeness (QED) is 0.172. The van der Waals surface area contributed by atoms with Gasteiger partial charge in [0.2, 0.25) is 0 Å². The Labute approximate surface area is 310 Å². The van der Waals surface area contributed by atoms with Gasteiger partial charge in [0.15, 0.2) is 16.9 Å². The van der Waals surface area contributed by atoms with Gasteiger partial charge in [-0.25, -0.2) is 29.9 Å². The van der Waals surface area contributed by atoms with E-state index in [0.717, 1.165) is 101 Å². The molecule has 0 atom stereocenters. The number of para-hydroxylation sites is 3. The Morgan fingerprint density at radius 3 is 0.907 bits per heavy atom. The zero-order valence-electron chi connectivity index (χ0n) is 29.9. The van der Waals surface area contributed by atoms with Gasteiger partial charge in [-0.2, -0.15) is 0 Å². The SMILES string of the molecule is Cc1ccnc2c1nc(-c1cc(-c3nc4c(C)ccnc4n3-c3ccccc3)cc(-c3nc4c(C)ccnc4n3-c3ccccc3)c1)n2-c1ccccc1. The Bertz CT molecular complexity index is 2670. The third kappa shape index (κ3) is 5.01. The highest BCUT2D eigenvalue weighted by atomic mass is 15.2. The first-order valence-electron chi connectivity index (χ1n) is 17.9. The summed E-state index contributed by atoms with van der Waals surface area (Å²) in [5.41, 5.74) is 13.6. The van der Waals surface area contributed by atoms with Crippen molar-refractivity contribution in [3.05, 3.63) is 163 Å². The second-order valence-electron chi connectivity index (χ2n) is 13.5. The zero-order valence-corrected chi connectivity index (χ0v) is 29.9. The summed E-state index contributed by atoms with van der Waals surface area (Å²) in [6, 6.07) is 43.4. The van der Waals surface area contributed by atoms with Crippen LogP contribution in [0.4, 0.5) is 0 Å². The molecule has 0 fully saturated rings. The number of rotatable bonds is 6. The molecule has 258 valence electrons. The van der Waals surface area contributed by atoms with E-state index < -0.39 is 0 Å². The average Bonchev–Trinajstić information content (AvgIpc) is 3.93. The van der Waals surface area contributed by atoms with Crippen molar-refractivity contribution >= 4 is 33.5 Å². The lowest BCUT2D eigenvalue weighted by atomic mass is 10.0. The Hall–Kier alpha value is -7.26. The maximum atomic E-state index is 5.32. The first-order chi connectivity index (χ1) is 26.5. The molecule has 9 heteroatoms. The lowest BCUT2D eigenvalue weighted by molar-refractivity contribution is 1.06. The molecule has 0 unspecified atom stereocenters. The largest absolute Gasteiger partial charge is 0.277 e. The zero-order chi connectivity index (χ0) is 36.3. The van der Waals surface area contributed by atoms with Gasteiger partial charge < -0.3 is 0 Å². The lowest BCUT2D eigenvalue weighted by Gasteiger charge is -2.15. The third-order valence-electron chi connectivity index (χ3n) is 9.99. The fraction of sp³-hybridized carbons (Fsp3) is 0.0667. The van der Waals surface area contributed by atoms with Gasteiger partial charge in [0, 0.05) is 52.3 Å². The van der Waals surface area contributed by atoms with E-state index in [0.29, 0.717) is 0 Å². The molecule has 0 spiro atoms. The van der Waals surface area contributed by atoms with Gasteiger partial charge >= 0.3 is 0 Å². The van der Waals surface area contributed by atoms with Gasteiger partial charge in [-0.15, -0.1) is 0 Å². The fourth-order valence-electron chi connectivity index (χ4n) is 7.34. The summed E-state index contributed by atoms with van der Waals surface area (Å²) in [4.78, 5) is 30.6. The summed E-state index contributed by atoms with van der Waals surface area (Å²) < 4.78 is 6.43. The molecule has 0 bridgehead atoms. The number of hydrogen-bond acceptors (Lipinski definition) is 6. The fourth-order valence-corrected chi connectivity index (χ4v) is 7.34. The lowest BCUT2D eigenvalue weighted by Crippen LogP contribution is -2.02. The molecule has 0 saturated carbocycles. The van der Waals surface area contributed by atoms with Crippen LogP contribution in [-0.2, 0) is 0 Å². The Balaban J connectivity index is 1.34. The molecule has 0 aliphatic rings. The molecule has 6 heterocycles. The predicted molar refractivity (Wildman–Crippen MR) is 214 cm³/mol. The van der Waals surface area contributed by atoms with E-state index in [1.807, 2.05) is 91.4 Å². The summed E-state index contributed by atoms with van der Waals surface area (Å²) in [5.74, 6) is 2.28. The van der Waals surface area contributed by atoms with E-state index >= 15 is 0 Å². The molecule has 0 N–H and O–H groups in total. The van der Waals surface area contributed by atoms with Crippen molar-refractivity contribution in [2.45, 2.75) is 20.8 Å². The molecular weight excluding hydrogens is 667 g/mol. The summed E-state index contributed by atoms with van der Waals surface area (Å²) in [6.45, 7) is 6.23. The molecule has 0 radical (unpaired) electrons. The van der Waals surface area contributed by atoms with Crippen molar-refractivity contribution in [3.63, 3.8) is 0 Å². The topological polar surface area (TPSA) is 92.1 Å². The maximum Gasteiger partial charge on any atom is 0.165 e. The van der Waals surface area contributed by atoms with Crippen LogP contribution in [0, 0.1) is 20.8 Å². The first-order valence-corrected chi connectivity index (χ1v) is 17.9. The van der Waals surface area contributed by atoms with Crippen LogP contribution in [0.2, 0.25) is 0 Å². The summed E-state index contributed by atoms with van der Waals surface area (Å²) >= 11 is 0. The Morgan fingerprint density at radius 1 is 0.352 bits per heavy atom. The van der Waals surface area contributed by atoms with Gasteiger partial charge in [-0.3, -0.25) is 13.7 Å². The second-order valence-corrected chi connectivity index (χ2v) is 13.5. The van der Waals surface area contributed by atoms with Gasteiger partial charge in [0.05, 0.1) is 0 Å². The van der Waals surface area contributed by atoms with Crippen LogP contribution < -0.4 is 0 Å². The van der Waals surface area contributed by atoms with E-state index in [-0.39, 0.29) is 0 Å². The van der Waals surface area contributed by atoms with Crippen LogP contribution in [0.3, 0.4) is 0 Å². The van der Waals surface area contributed by atoms with Gasteiger partial charge in [-0.05, 0) is 110 Å². The smallest absolute Gasteiger partial charge is 0.165 e. The average molecular weight is 700 g/mol. The number of benzene rings is 4. The van der Waals surface area contributed by atoms with Gasteiger partial charge in [0.1, 0.15) is 34.0 Å². The highest BCUT2D eigenvalue weighted by Gasteiger charge is 2.24. The Kier molecular flexibility index (Phi) is 7.26. The molecule has 10 aromatic rings. The number of aromatic nitrogens is 9. The predicted octanol–water partition coefficient (Wildman–Crippen LogP) is 9.81. The van der Waals surface area contributed by atoms with Crippen molar-refractivity contribution in [1.29, 1.82) is 0 Å². The number of pyridine rings is 3. The van der Waals surface area contributed by atoms with Crippen LogP contribution in [-0.4, -0.2) is 43.6 Å². The summed E-state index contributed by atoms with van der Waals surface area (Å²) in [6.07, 6.45) is 5.54. The molecule has 6 aromatic heterocycles. The molecule has 54 heavy (non-hydrogen) atoms. The minimum Gasteiger partial charge on any atom is -0.277 e. The van der Waals surface area contributed by atoms with Crippen molar-refractivity contribution in [2.24, 2.45) is 0 Å². The third-order valence-corrected chi connectivity index (χ3v) is 9.99. The van der Waals surface area contributed by atoms with E-state index in [1.165, 1.54) is 0 Å². The number of nitrogens with zero attached hydrogens (tertiary/aromatic N) is 9. The van der Waals surface area contributed by atoms with Gasteiger partial charge in [-0.1, -0.05) is 54.6 Å². The van der Waals surface area contributed by atoms with Crippen molar-refractivity contribution in [2.75, 3.05) is 0 Å². The normalized spacial score (nSPS) is 11.6. The highest BCUT2D eigenvalue weighted by molar-refractivity contribution is 5.89. The molecular formula is C45H33N9. The molecule has 0 aliphatic carbocycles. The maximum absolute atomic E-state index is 5.32. The second kappa shape index (κ2) is 12.5. The van der Waals surface area contributed by atoms with Crippen molar-refractivity contribution in [1.82, 2.24) is 43.6 Å². The molecule has 0 amide bonds. The van der Waals surface area contributed by atoms with E-state index in [4.69, 9.17) is 29.9 Å². The molecule has 9 nitrogen and oxygen atoms in total. The summed E-state index contributed by atoms with van der Waals surface area (Å²) in [5, 5.41) is 0. The van der Waals surface area contributed by atoms with Crippen LogP contribution in [0.1, 0.15) is 16.7 Å². The highest BCUT2D eigenvalue weighted by Crippen LogP contribution is 2.38. The Morgan fingerprint density at radius 2 is 0.630 bits per heavy atom. The van der Waals surface area contributed by atoms with Crippen molar-refractivity contribution < 1.29 is 0 Å². The number of fused-ring (bicyclic) bond motifs is 3. The number of imidazole rings is 3. The number of aryl methyl sites for hydroxylation is 3. The standard InChI is InChI=1S/C45H33N9/c1-28-19-22-46-43-37(28)49-40(52(43)34-13-7-4-8-14-34)31-25-32(41-50-38-29(2)20-23-47-44(38)53(41)35-15-9-5-10-16-35)27-33(26-31)42-51-39-30(3)21-24-48-45(39)54(42)36-17-11-6-12-18-36/h4-27H,1-3H3. The molecule has 4 aromatic carbocycles. The van der Waals surface area contributed by atoms with Crippen LogP contribution in [0.5, 0.6) is 0 Å². The molecule has 10 rings (SSSR count). The molecule has 0 aliphatic heterocycles. The molecule has 0 saturated heterocycles. The summed E-state index contributed by atoms with van der Waals surface area (Å²) in [7, 11) is 0. The van der Waals surface area contributed by atoms with E-state index in [9.17, 15) is 0 Å². The number of hydrogen-bond donors (Lipinski definition) is 0. The van der Waals surface area contributed by atoms with Crippen LogP contribution >= 0.6 is 0 Å². The monoisotopic (exact) mass is 699 g/mol. The van der Waals surface area contributed by atoms with Crippen LogP contribution in [0.25, 0.3) is 84.7 Å². The van der Waals surface area contributed by atoms with E-state index in [2.05, 4.69) is 89.1 Å². The van der Waals surface area contributed by atoms with E-state index in [1.54, 1.807) is 0 Å².